The van der Waals surface area contributed by atoms with E-state index in [1.807, 2.05) is 6.07 Å². The number of carbonyl (C=O) groups is 4. The van der Waals surface area contributed by atoms with Crippen LogP contribution in [-0.2, 0) is 45.1 Å². The Morgan fingerprint density at radius 2 is 1.89 bits per heavy atom. The van der Waals surface area contributed by atoms with Gasteiger partial charge in [0.25, 0.3) is 0 Å². The van der Waals surface area contributed by atoms with Gasteiger partial charge in [-0.3, -0.25) is 28.3 Å². The lowest BCUT2D eigenvalue weighted by atomic mass is 9.93. The highest BCUT2D eigenvalue weighted by molar-refractivity contribution is 5.93. The number of nitrogens with one attached hydrogen (secondary N) is 2. The number of imidazole rings is 1. The molecule has 36 heavy (non-hydrogen) atoms. The Kier molecular flexibility index (Phi) is 6.33. The van der Waals surface area contributed by atoms with Gasteiger partial charge >= 0.3 is 5.69 Å². The maximum absolute atomic E-state index is 13.0. The smallest absolute Gasteiger partial charge is 0.329 e. The molecule has 0 bridgehead atoms. The number of benzene rings is 1. The molecular formula is C25H30N6O5. The summed E-state index contributed by atoms with van der Waals surface area (Å²) in [6, 6.07) is 5.37. The summed E-state index contributed by atoms with van der Waals surface area (Å²) in [4.78, 5) is 65.3. The van der Waals surface area contributed by atoms with Gasteiger partial charge in [-0.15, -0.1) is 0 Å². The molecule has 1 aliphatic heterocycles. The number of amides is 4. The third-order valence-corrected chi connectivity index (χ3v) is 7.26. The van der Waals surface area contributed by atoms with Crippen LogP contribution in [0.4, 0.5) is 5.69 Å². The Morgan fingerprint density at radius 3 is 2.53 bits per heavy atom. The number of hydrogen-bond acceptors (Lipinski definition) is 5. The molecule has 4 amide bonds. The minimum atomic E-state index is -1.02. The molecule has 0 radical (unpaired) electrons. The molecule has 11 nitrogen and oxygen atoms in total. The Labute approximate surface area is 208 Å². The minimum Gasteiger partial charge on any atom is -0.357 e. The second-order valence-corrected chi connectivity index (χ2v) is 9.23. The lowest BCUT2D eigenvalue weighted by Crippen LogP contribution is -2.57. The van der Waals surface area contributed by atoms with Gasteiger partial charge in [0.05, 0.1) is 11.4 Å². The van der Waals surface area contributed by atoms with Crippen molar-refractivity contribution in [2.45, 2.75) is 45.3 Å². The van der Waals surface area contributed by atoms with Gasteiger partial charge in [-0.25, -0.2) is 4.79 Å². The SMILES string of the molecule is C/C=C1\c2c(C)n(CC(=O)Nc3ccc4c(c3)CC(C(=O)NC)(N(C)C=O)C4)c(=O)n2CC(=O)N1C. The number of likely N-dealkylation sites (N-methyl/N-ethyl adjacent to an activating group) is 3. The van der Waals surface area contributed by atoms with Crippen molar-refractivity contribution in [3.63, 3.8) is 0 Å². The van der Waals surface area contributed by atoms with Gasteiger partial charge in [0.1, 0.15) is 18.6 Å². The highest BCUT2D eigenvalue weighted by atomic mass is 16.2. The zero-order chi connectivity index (χ0) is 26.4. The van der Waals surface area contributed by atoms with Gasteiger partial charge in [0.15, 0.2) is 0 Å². The average molecular weight is 495 g/mol. The van der Waals surface area contributed by atoms with Crippen molar-refractivity contribution in [2.75, 3.05) is 26.5 Å². The molecule has 1 atom stereocenters. The summed E-state index contributed by atoms with van der Waals surface area (Å²) >= 11 is 0. The largest absolute Gasteiger partial charge is 0.357 e. The van der Waals surface area contributed by atoms with Gasteiger partial charge < -0.3 is 20.4 Å². The van der Waals surface area contributed by atoms with E-state index < -0.39 is 17.1 Å². The Bertz CT molecular complexity index is 1370. The molecule has 0 fully saturated rings. The van der Waals surface area contributed by atoms with Crippen molar-refractivity contribution < 1.29 is 19.2 Å². The van der Waals surface area contributed by atoms with E-state index >= 15 is 0 Å². The molecule has 190 valence electrons. The molecule has 0 saturated carbocycles. The Hall–Kier alpha value is -4.15. The van der Waals surface area contributed by atoms with Crippen molar-refractivity contribution in [3.8, 4) is 0 Å². The van der Waals surface area contributed by atoms with Crippen LogP contribution in [0.5, 0.6) is 0 Å². The zero-order valence-electron chi connectivity index (χ0n) is 21.0. The molecular weight excluding hydrogens is 464 g/mol. The topological polar surface area (TPSA) is 126 Å². The Morgan fingerprint density at radius 1 is 1.19 bits per heavy atom. The maximum atomic E-state index is 13.0. The number of allylic oxidation sites excluding steroid dienone is 1. The molecule has 11 heteroatoms. The number of anilines is 1. The molecule has 1 unspecified atom stereocenters. The van der Waals surface area contributed by atoms with E-state index in [0.717, 1.165) is 11.1 Å². The molecule has 2 heterocycles. The van der Waals surface area contributed by atoms with Crippen molar-refractivity contribution in [2.24, 2.45) is 0 Å². The first-order valence-corrected chi connectivity index (χ1v) is 11.6. The third-order valence-electron chi connectivity index (χ3n) is 7.26. The first kappa shape index (κ1) is 25.0. The predicted octanol–water partition coefficient (Wildman–Crippen LogP) is 0.101. The summed E-state index contributed by atoms with van der Waals surface area (Å²) in [6.07, 6.45) is 3.10. The molecule has 4 rings (SSSR count). The number of fused-ring (bicyclic) bond motifs is 2. The number of hydrogen-bond donors (Lipinski definition) is 2. The van der Waals surface area contributed by atoms with Crippen molar-refractivity contribution in [1.82, 2.24) is 24.3 Å². The summed E-state index contributed by atoms with van der Waals surface area (Å²) in [5, 5.41) is 5.47. The maximum Gasteiger partial charge on any atom is 0.329 e. The predicted molar refractivity (Wildman–Crippen MR) is 133 cm³/mol. The summed E-state index contributed by atoms with van der Waals surface area (Å²) in [7, 11) is 4.78. The van der Waals surface area contributed by atoms with Crippen LogP contribution in [0.15, 0.2) is 29.1 Å². The molecule has 0 spiro atoms. The molecule has 1 aromatic heterocycles. The second kappa shape index (κ2) is 9.14. The van der Waals surface area contributed by atoms with Crippen molar-refractivity contribution in [1.29, 1.82) is 0 Å². The quantitative estimate of drug-likeness (QED) is 0.551. The molecule has 2 N–H and O–H groups in total. The fourth-order valence-corrected chi connectivity index (χ4v) is 5.21. The molecule has 0 saturated heterocycles. The summed E-state index contributed by atoms with van der Waals surface area (Å²) in [5.41, 5.74) is 2.72. The van der Waals surface area contributed by atoms with Gasteiger partial charge in [-0.05, 0) is 37.1 Å². The highest BCUT2D eigenvalue weighted by Gasteiger charge is 2.46. The summed E-state index contributed by atoms with van der Waals surface area (Å²) in [6.45, 7) is 3.25. The van der Waals surface area contributed by atoms with Crippen LogP contribution in [0.25, 0.3) is 5.70 Å². The zero-order valence-corrected chi connectivity index (χ0v) is 21.0. The third kappa shape index (κ3) is 3.80. The van der Waals surface area contributed by atoms with E-state index in [4.69, 9.17) is 0 Å². The van der Waals surface area contributed by atoms with Gasteiger partial charge in [-0.1, -0.05) is 12.1 Å². The van der Waals surface area contributed by atoms with Crippen molar-refractivity contribution >= 4 is 35.5 Å². The van der Waals surface area contributed by atoms with E-state index in [1.165, 1.54) is 26.0 Å². The van der Waals surface area contributed by atoms with Crippen molar-refractivity contribution in [3.05, 3.63) is 57.3 Å². The van der Waals surface area contributed by atoms with Gasteiger partial charge in [0, 0.05) is 45.4 Å². The Balaban J connectivity index is 1.56. The van der Waals surface area contributed by atoms with E-state index in [-0.39, 0.29) is 24.9 Å². The second-order valence-electron chi connectivity index (χ2n) is 9.23. The van der Waals surface area contributed by atoms with Crippen LogP contribution in [0, 0.1) is 6.92 Å². The van der Waals surface area contributed by atoms with Crippen LogP contribution in [-0.4, -0.2) is 69.7 Å². The standard InChI is InChI=1S/C25H30N6O5/c1-6-19-22-15(2)30(24(36)31(22)13-21(34)29(19)5)12-20(33)27-18-8-7-16-10-25(23(35)26-3,28(4)14-32)11-17(16)9-18/h6-9,14H,10-13H2,1-5H3,(H,26,35)(H,27,33)/b19-6+. The number of carbonyl (C=O) groups excluding carboxylic acids is 4. The van der Waals surface area contributed by atoms with Crippen LogP contribution in [0.3, 0.4) is 0 Å². The fraction of sp³-hybridized carbons (Fsp3) is 0.400. The van der Waals surface area contributed by atoms with E-state index in [1.54, 1.807) is 46.2 Å². The van der Waals surface area contributed by atoms with Crippen LogP contribution in [0.2, 0.25) is 0 Å². The van der Waals surface area contributed by atoms with Gasteiger partial charge in [0.2, 0.25) is 24.1 Å². The first-order valence-electron chi connectivity index (χ1n) is 11.6. The van der Waals surface area contributed by atoms with Gasteiger partial charge in [-0.2, -0.15) is 0 Å². The molecule has 2 aliphatic rings. The monoisotopic (exact) mass is 494 g/mol. The fourth-order valence-electron chi connectivity index (χ4n) is 5.21. The minimum absolute atomic E-state index is 0.0788. The van der Waals surface area contributed by atoms with E-state index in [0.29, 0.717) is 42.0 Å². The number of nitrogens with zero attached hydrogens (tertiary/aromatic N) is 4. The summed E-state index contributed by atoms with van der Waals surface area (Å²) in [5.74, 6) is -0.855. The van der Waals surface area contributed by atoms with E-state index in [9.17, 15) is 24.0 Å². The lowest BCUT2D eigenvalue weighted by Gasteiger charge is -2.34. The normalized spacial score (nSPS) is 19.6. The summed E-state index contributed by atoms with van der Waals surface area (Å²) < 4.78 is 2.77. The number of aromatic nitrogens is 2. The van der Waals surface area contributed by atoms with E-state index in [2.05, 4.69) is 10.6 Å². The molecule has 2 aromatic rings. The first-order chi connectivity index (χ1) is 17.1. The number of rotatable bonds is 6. The highest BCUT2D eigenvalue weighted by Crippen LogP contribution is 2.35. The van der Waals surface area contributed by atoms with Crippen LogP contribution >= 0.6 is 0 Å². The van der Waals surface area contributed by atoms with Crippen LogP contribution < -0.4 is 16.3 Å². The molecule has 1 aromatic carbocycles. The molecule has 1 aliphatic carbocycles. The van der Waals surface area contributed by atoms with Crippen LogP contribution in [0.1, 0.15) is 29.4 Å². The lowest BCUT2D eigenvalue weighted by molar-refractivity contribution is -0.138. The average Bonchev–Trinajstić information content (AvgIpc) is 3.36.